The first kappa shape index (κ1) is 48.2. The minimum absolute atomic E-state index is 0.157. The van der Waals surface area contributed by atoms with Crippen molar-refractivity contribution < 1.29 is 37.5 Å². The topological polar surface area (TPSA) is 188 Å². The summed E-state index contributed by atoms with van der Waals surface area (Å²) in [5.74, 6) is 1.46. The number of ether oxygens (including phenoxy) is 1. The van der Waals surface area contributed by atoms with E-state index < -0.39 is 19.5 Å². The van der Waals surface area contributed by atoms with Crippen LogP contribution < -0.4 is 30.9 Å². The molecule has 356 valence electrons. The number of hydrogen-bond acceptors (Lipinski definition) is 15. The third-order valence-corrected chi connectivity index (χ3v) is 16.4. The number of nitrogens with one attached hydrogen (secondary N) is 3. The molecule has 1 unspecified atom stereocenters. The summed E-state index contributed by atoms with van der Waals surface area (Å²) in [5, 5.41) is 9.37. The van der Waals surface area contributed by atoms with E-state index in [0.29, 0.717) is 59.2 Å². The lowest BCUT2D eigenvalue weighted by Gasteiger charge is -2.43. The number of aromatic nitrogens is 2. The van der Waals surface area contributed by atoms with E-state index >= 15 is 0 Å². The number of thioether (sulfide) groups is 1. The molecule has 3 aromatic carbocycles. The Hall–Kier alpha value is -5.23. The molecule has 4 aromatic rings. The molecule has 0 bridgehead atoms. The van der Waals surface area contributed by atoms with Gasteiger partial charge in [0.25, 0.3) is 5.91 Å². The largest absolute Gasteiger partial charge is 0.494 e. The van der Waals surface area contributed by atoms with Crippen LogP contribution in [0.25, 0.3) is 0 Å². The standard InChI is InChI=1S/C47H57ClN9O8PS/c1-63-39-28-32(15-16-36(39)51-47-49-29-35(48)44(53-47)50-37-11-6-7-12-40(37)66(62,64-2)65-3)54-21-19-31(20-22-54)55-23-25-56(26-24-55)43(59)14-5-4-8-27-67-41-13-9-10-33-34(41)30-57(46(33)61)38-17-18-42(58)52-45(38)60/h6-7,9-13,15-16,28-29,31,38H,4-5,8,14,17-27,30H2,1-3H3,(H,52,58,60)(H2,49,50,51,53). The highest BCUT2D eigenvalue weighted by Gasteiger charge is 2.40. The van der Waals surface area contributed by atoms with Crippen molar-refractivity contribution in [2.45, 2.75) is 74.9 Å². The second-order valence-corrected chi connectivity index (χ2v) is 20.6. The Morgan fingerprint density at radius 2 is 1.67 bits per heavy atom. The van der Waals surface area contributed by atoms with Crippen molar-refractivity contribution in [3.05, 3.63) is 83.0 Å². The van der Waals surface area contributed by atoms with E-state index in [-0.39, 0.29) is 35.1 Å². The Morgan fingerprint density at radius 3 is 2.42 bits per heavy atom. The highest BCUT2D eigenvalue weighted by molar-refractivity contribution is 7.99. The van der Waals surface area contributed by atoms with Crippen LogP contribution in [0.15, 0.2) is 71.8 Å². The summed E-state index contributed by atoms with van der Waals surface area (Å²) in [4.78, 5) is 69.0. The van der Waals surface area contributed by atoms with E-state index in [1.807, 2.05) is 35.2 Å². The summed E-state index contributed by atoms with van der Waals surface area (Å²) in [6.45, 7) is 5.43. The van der Waals surface area contributed by atoms with Crippen LogP contribution in [0.4, 0.5) is 28.8 Å². The molecule has 20 heteroatoms. The Labute approximate surface area is 400 Å². The number of piperazine rings is 1. The lowest BCUT2D eigenvalue weighted by atomic mass is 10.0. The summed E-state index contributed by atoms with van der Waals surface area (Å²) in [6.07, 6.45) is 7.40. The number of anilines is 5. The summed E-state index contributed by atoms with van der Waals surface area (Å²) >= 11 is 8.21. The van der Waals surface area contributed by atoms with Gasteiger partial charge in [-0.1, -0.05) is 36.2 Å². The van der Waals surface area contributed by atoms with Crippen LogP contribution in [0, 0.1) is 0 Å². The maximum absolute atomic E-state index is 13.2. The molecule has 67 heavy (non-hydrogen) atoms. The fourth-order valence-corrected chi connectivity index (χ4v) is 11.7. The number of unbranched alkanes of at least 4 members (excludes halogenated alkanes) is 2. The smallest absolute Gasteiger partial charge is 0.362 e. The van der Waals surface area contributed by atoms with Gasteiger partial charge in [-0.2, -0.15) is 4.98 Å². The molecule has 1 atom stereocenters. The van der Waals surface area contributed by atoms with Crippen LogP contribution >= 0.6 is 31.0 Å². The molecule has 0 aliphatic carbocycles. The van der Waals surface area contributed by atoms with Gasteiger partial charge in [-0.05, 0) is 79.8 Å². The van der Waals surface area contributed by atoms with Gasteiger partial charge in [-0.15, -0.1) is 11.8 Å². The van der Waals surface area contributed by atoms with Crippen LogP contribution in [-0.4, -0.2) is 127 Å². The number of benzene rings is 3. The highest BCUT2D eigenvalue weighted by Crippen LogP contribution is 2.47. The number of imide groups is 1. The first-order chi connectivity index (χ1) is 32.5. The number of carbonyl (C=O) groups is 4. The zero-order valence-electron chi connectivity index (χ0n) is 38.0. The molecule has 0 spiro atoms. The fourth-order valence-electron chi connectivity index (χ4n) is 9.25. The lowest BCUT2D eigenvalue weighted by Crippen LogP contribution is -2.54. The van der Waals surface area contributed by atoms with Crippen LogP contribution in [0.5, 0.6) is 5.75 Å². The normalized spacial score (nSPS) is 18.2. The molecule has 3 N–H and O–H groups in total. The SMILES string of the molecule is COc1cc(N2CCC(N3CCN(C(=O)CCCCCSc4cccc5c4CN(C4CCC(=O)NC4=O)C5=O)CC3)CC2)ccc1Nc1ncc(Cl)c(Nc2ccccc2P(=O)(OC)OC)n1. The van der Waals surface area contributed by atoms with Crippen molar-refractivity contribution in [2.75, 3.05) is 81.9 Å². The maximum atomic E-state index is 13.2. The first-order valence-corrected chi connectivity index (χ1v) is 25.6. The summed E-state index contributed by atoms with van der Waals surface area (Å²) in [6, 6.07) is 18.5. The van der Waals surface area contributed by atoms with Crippen molar-refractivity contribution in [3.63, 3.8) is 0 Å². The van der Waals surface area contributed by atoms with Crippen molar-refractivity contribution in [3.8, 4) is 5.75 Å². The maximum Gasteiger partial charge on any atom is 0.362 e. The first-order valence-electron chi connectivity index (χ1n) is 22.7. The van der Waals surface area contributed by atoms with Crippen LogP contribution in [0.3, 0.4) is 0 Å². The number of methoxy groups -OCH3 is 1. The summed E-state index contributed by atoms with van der Waals surface area (Å²) in [5.41, 5.74) is 3.79. The zero-order chi connectivity index (χ0) is 47.1. The lowest BCUT2D eigenvalue weighted by molar-refractivity contribution is -0.137. The highest BCUT2D eigenvalue weighted by atomic mass is 35.5. The molecular weight excluding hydrogens is 917 g/mol. The summed E-state index contributed by atoms with van der Waals surface area (Å²) in [7, 11) is 0.719. The van der Waals surface area contributed by atoms with Crippen LogP contribution in [-0.2, 0) is 34.5 Å². The van der Waals surface area contributed by atoms with Gasteiger partial charge in [0.2, 0.25) is 23.7 Å². The minimum atomic E-state index is -3.57. The molecule has 4 aliphatic rings. The van der Waals surface area contributed by atoms with Crippen molar-refractivity contribution in [2.24, 2.45) is 0 Å². The predicted octanol–water partition coefficient (Wildman–Crippen LogP) is 6.96. The van der Waals surface area contributed by atoms with Crippen molar-refractivity contribution in [1.82, 2.24) is 30.0 Å². The number of rotatable bonds is 18. The monoisotopic (exact) mass is 973 g/mol. The molecule has 17 nitrogen and oxygen atoms in total. The van der Waals surface area contributed by atoms with Gasteiger partial charge in [0.15, 0.2) is 5.82 Å². The number of piperidine rings is 2. The van der Waals surface area contributed by atoms with E-state index in [2.05, 4.69) is 41.8 Å². The quantitative estimate of drug-likeness (QED) is 0.0402. The Balaban J connectivity index is 0.750. The Kier molecular flexibility index (Phi) is 15.7. The van der Waals surface area contributed by atoms with Crippen LogP contribution in [0.1, 0.15) is 67.3 Å². The van der Waals surface area contributed by atoms with E-state index in [9.17, 15) is 23.7 Å². The average Bonchev–Trinajstić information content (AvgIpc) is 3.69. The molecule has 8 rings (SSSR count). The Morgan fingerprint density at radius 1 is 0.896 bits per heavy atom. The third-order valence-electron chi connectivity index (χ3n) is 13.0. The number of carbonyl (C=O) groups excluding carboxylic acids is 4. The Bertz CT molecular complexity index is 2510. The molecule has 0 saturated carbocycles. The number of amides is 4. The second-order valence-electron chi connectivity index (χ2n) is 16.9. The minimum Gasteiger partial charge on any atom is -0.494 e. The molecular formula is C47H57ClN9O8PS. The molecule has 3 fully saturated rings. The van der Waals surface area contributed by atoms with Gasteiger partial charge in [0.1, 0.15) is 16.8 Å². The van der Waals surface area contributed by atoms with Crippen molar-refractivity contribution in [1.29, 1.82) is 0 Å². The molecule has 1 aromatic heterocycles. The van der Waals surface area contributed by atoms with Crippen LogP contribution in [0.2, 0.25) is 5.02 Å². The predicted molar refractivity (Wildman–Crippen MR) is 259 cm³/mol. The molecule has 3 saturated heterocycles. The molecule has 5 heterocycles. The van der Waals surface area contributed by atoms with Gasteiger partial charge >= 0.3 is 7.60 Å². The fraction of sp³-hybridized carbons (Fsp3) is 0.447. The van der Waals surface area contributed by atoms with Crippen molar-refractivity contribution >= 4 is 88.7 Å². The average molecular weight is 975 g/mol. The zero-order valence-corrected chi connectivity index (χ0v) is 40.5. The van der Waals surface area contributed by atoms with Gasteiger partial charge in [-0.3, -0.25) is 34.0 Å². The second kappa shape index (κ2) is 21.8. The van der Waals surface area contributed by atoms with Gasteiger partial charge in [-0.25, -0.2) is 4.98 Å². The molecule has 4 amide bonds. The number of para-hydroxylation sites is 1. The summed E-state index contributed by atoms with van der Waals surface area (Å²) < 4.78 is 29.5. The molecule has 0 radical (unpaired) electrons. The van der Waals surface area contributed by atoms with E-state index in [0.717, 1.165) is 93.3 Å². The molecule has 4 aliphatic heterocycles. The van der Waals surface area contributed by atoms with E-state index in [1.165, 1.54) is 20.4 Å². The van der Waals surface area contributed by atoms with E-state index in [4.69, 9.17) is 25.4 Å². The van der Waals surface area contributed by atoms with Gasteiger partial charge < -0.3 is 39.1 Å². The third kappa shape index (κ3) is 11.1. The number of fused-ring (bicyclic) bond motifs is 1. The van der Waals surface area contributed by atoms with Gasteiger partial charge in [0.05, 0.1) is 30.0 Å². The van der Waals surface area contributed by atoms with E-state index in [1.54, 1.807) is 48.0 Å². The number of nitrogens with zero attached hydrogens (tertiary/aromatic N) is 6. The number of hydrogen-bond donors (Lipinski definition) is 3. The van der Waals surface area contributed by atoms with Gasteiger partial charge in [0, 0.05) is 101 Å². The number of halogens is 1.